The molecule has 0 amide bonds. The van der Waals surface area contributed by atoms with Crippen molar-refractivity contribution in [3.63, 3.8) is 0 Å². The van der Waals surface area contributed by atoms with Gasteiger partial charge in [0.25, 0.3) is 20.2 Å². The van der Waals surface area contributed by atoms with E-state index in [0.717, 1.165) is 0 Å². The Hall–Kier alpha value is -1.14. The fraction of sp³-hybridized carbons (Fsp3) is 0.455. The summed E-state index contributed by atoms with van der Waals surface area (Å²) in [4.78, 5) is -0.454. The van der Waals surface area contributed by atoms with Gasteiger partial charge in [0, 0.05) is 24.5 Å². The molecule has 8 nitrogen and oxygen atoms in total. The average Bonchev–Trinajstić information content (AvgIpc) is 2.68. The fourth-order valence-corrected chi connectivity index (χ4v) is 4.69. The molecule has 4 N–H and O–H groups in total. The Morgan fingerprint density at radius 2 is 1.06 bits per heavy atom. The van der Waals surface area contributed by atoms with Crippen LogP contribution in [-0.2, 0) is 33.1 Å². The summed E-state index contributed by atoms with van der Waals surface area (Å²) in [6.07, 6.45) is 0.307. The molecule has 0 saturated carbocycles. The first-order valence-corrected chi connectivity index (χ1v) is 13.3. The average molecular weight is 509 g/mol. The summed E-state index contributed by atoms with van der Waals surface area (Å²) in [5.74, 6) is 0.696. The van der Waals surface area contributed by atoms with Crippen molar-refractivity contribution in [1.29, 1.82) is 0 Å². The van der Waals surface area contributed by atoms with E-state index in [9.17, 15) is 25.9 Å². The Morgan fingerprint density at radius 1 is 0.727 bits per heavy atom. The molecule has 0 radical (unpaired) electrons. The van der Waals surface area contributed by atoms with Crippen LogP contribution in [0.3, 0.4) is 0 Å². The summed E-state index contributed by atoms with van der Waals surface area (Å²) in [6.45, 7) is 9.34. The van der Waals surface area contributed by atoms with Gasteiger partial charge in [-0.25, -0.2) is 0 Å². The van der Waals surface area contributed by atoms with Gasteiger partial charge in [-0.15, -0.1) is 0 Å². The molecule has 0 saturated heterocycles. The Kier molecular flexibility index (Phi) is 11.4. The Bertz CT molecular complexity index is 1060. The minimum Gasteiger partial charge on any atom is -1.00 e. The van der Waals surface area contributed by atoms with Crippen LogP contribution in [0.1, 0.15) is 40.2 Å². The third kappa shape index (κ3) is 9.56. The van der Waals surface area contributed by atoms with Gasteiger partial charge in [0.05, 0.1) is 9.79 Å². The maximum atomic E-state index is 11.9. The van der Waals surface area contributed by atoms with Gasteiger partial charge >= 0.3 is 29.6 Å². The van der Waals surface area contributed by atoms with E-state index in [4.69, 9.17) is 0 Å². The number of hydrogen-bond donors (Lipinski definition) is 4. The van der Waals surface area contributed by atoms with E-state index in [0.29, 0.717) is 47.4 Å². The van der Waals surface area contributed by atoms with Crippen molar-refractivity contribution in [2.75, 3.05) is 23.7 Å². The number of aryl methyl sites for hydroxylation is 2. The molecular weight excluding hydrogens is 475 g/mol. The number of hydrogen-bond acceptors (Lipinski definition) is 6. The smallest absolute Gasteiger partial charge is 1.00 e. The number of anilines is 2. The van der Waals surface area contributed by atoms with E-state index in [-0.39, 0.29) is 53.6 Å². The second-order valence-corrected chi connectivity index (χ2v) is 11.4. The molecule has 0 heterocycles. The van der Waals surface area contributed by atoms with Crippen LogP contribution >= 0.6 is 0 Å². The van der Waals surface area contributed by atoms with Gasteiger partial charge < -0.3 is 12.1 Å². The molecule has 0 aliphatic carbocycles. The molecular formula is C22H33N2NaO6S2. The van der Waals surface area contributed by atoms with Gasteiger partial charge in [-0.05, 0) is 60.1 Å². The summed E-state index contributed by atoms with van der Waals surface area (Å²) < 4.78 is 67.1. The van der Waals surface area contributed by atoms with E-state index in [1.165, 1.54) is 12.1 Å². The van der Waals surface area contributed by atoms with Crippen LogP contribution in [-0.4, -0.2) is 39.0 Å². The first kappa shape index (κ1) is 29.9. The molecule has 2 aromatic carbocycles. The zero-order valence-electron chi connectivity index (χ0n) is 20.8. The van der Waals surface area contributed by atoms with Crippen molar-refractivity contribution in [3.8, 4) is 0 Å². The van der Waals surface area contributed by atoms with Crippen LogP contribution in [0.2, 0.25) is 0 Å². The fourth-order valence-electron chi connectivity index (χ4n) is 3.14. The number of nitrogens with one attached hydrogen (secondary N) is 2. The SMILES string of the molecule is CC(C)CNc1ccc(CCc2ccc(NCC(C)C)cc2S(=O)(=O)O)c(S(=O)(=O)O)c1.[H-].[Na+]. The monoisotopic (exact) mass is 508 g/mol. The molecule has 0 aliphatic heterocycles. The summed E-state index contributed by atoms with van der Waals surface area (Å²) in [5.41, 5.74) is 1.83. The molecule has 180 valence electrons. The van der Waals surface area contributed by atoms with E-state index in [1.54, 1.807) is 24.3 Å². The summed E-state index contributed by atoms with van der Waals surface area (Å²) in [5, 5.41) is 6.24. The second kappa shape index (κ2) is 12.5. The van der Waals surface area contributed by atoms with Crippen LogP contribution < -0.4 is 40.2 Å². The van der Waals surface area contributed by atoms with Crippen molar-refractivity contribution in [2.45, 2.75) is 50.3 Å². The van der Waals surface area contributed by atoms with Crippen LogP contribution in [0.4, 0.5) is 11.4 Å². The van der Waals surface area contributed by atoms with Crippen LogP contribution in [0.5, 0.6) is 0 Å². The zero-order chi connectivity index (χ0) is 24.1. The molecule has 0 fully saturated rings. The molecule has 33 heavy (non-hydrogen) atoms. The van der Waals surface area contributed by atoms with Crippen LogP contribution in [0, 0.1) is 11.8 Å². The van der Waals surface area contributed by atoms with Crippen molar-refractivity contribution >= 4 is 31.6 Å². The number of benzene rings is 2. The normalized spacial score (nSPS) is 12.0. The molecule has 0 atom stereocenters. The molecule has 2 rings (SSSR count). The van der Waals surface area contributed by atoms with Crippen LogP contribution in [0.15, 0.2) is 46.2 Å². The van der Waals surface area contributed by atoms with Crippen molar-refractivity contribution < 1.29 is 56.9 Å². The van der Waals surface area contributed by atoms with Gasteiger partial charge in [-0.1, -0.05) is 39.8 Å². The van der Waals surface area contributed by atoms with Gasteiger partial charge in [-0.2, -0.15) is 16.8 Å². The van der Waals surface area contributed by atoms with Gasteiger partial charge in [-0.3, -0.25) is 9.11 Å². The largest absolute Gasteiger partial charge is 1.00 e. The molecule has 0 bridgehead atoms. The molecule has 0 unspecified atom stereocenters. The Morgan fingerprint density at radius 3 is 1.33 bits per heavy atom. The molecule has 0 spiro atoms. The minimum atomic E-state index is -4.48. The predicted octanol–water partition coefficient (Wildman–Crippen LogP) is 1.22. The first-order chi connectivity index (χ1) is 14.8. The summed E-state index contributed by atoms with van der Waals surface area (Å²) >= 11 is 0. The molecule has 0 aromatic heterocycles. The van der Waals surface area contributed by atoms with Gasteiger partial charge in [0.2, 0.25) is 0 Å². The summed E-state index contributed by atoms with van der Waals surface area (Å²) in [7, 11) is -8.95. The molecule has 11 heteroatoms. The maximum absolute atomic E-state index is 11.9. The van der Waals surface area contributed by atoms with Gasteiger partial charge in [0.15, 0.2) is 0 Å². The van der Waals surface area contributed by atoms with E-state index in [2.05, 4.69) is 10.6 Å². The molecule has 2 aromatic rings. The third-order valence-corrected chi connectivity index (χ3v) is 6.65. The van der Waals surface area contributed by atoms with Crippen molar-refractivity contribution in [2.24, 2.45) is 11.8 Å². The van der Waals surface area contributed by atoms with E-state index in [1.807, 2.05) is 27.7 Å². The predicted molar refractivity (Wildman–Crippen MR) is 128 cm³/mol. The second-order valence-electron chi connectivity index (χ2n) is 8.64. The first-order valence-electron chi connectivity index (χ1n) is 10.5. The molecule has 0 aliphatic rings. The van der Waals surface area contributed by atoms with Crippen LogP contribution in [0.25, 0.3) is 0 Å². The topological polar surface area (TPSA) is 133 Å². The van der Waals surface area contributed by atoms with Crippen molar-refractivity contribution in [3.05, 3.63) is 47.5 Å². The van der Waals surface area contributed by atoms with E-state index < -0.39 is 20.2 Å². The third-order valence-electron chi connectivity index (χ3n) is 4.78. The summed E-state index contributed by atoms with van der Waals surface area (Å²) in [6, 6.07) is 9.37. The quantitative estimate of drug-likeness (QED) is 0.263. The van der Waals surface area contributed by atoms with E-state index >= 15 is 0 Å². The van der Waals surface area contributed by atoms with Gasteiger partial charge in [0.1, 0.15) is 0 Å². The zero-order valence-corrected chi connectivity index (χ0v) is 23.4. The van der Waals surface area contributed by atoms with Crippen molar-refractivity contribution in [1.82, 2.24) is 0 Å². The Labute approximate surface area is 220 Å². The Balaban J connectivity index is 0.00000544. The minimum absolute atomic E-state index is 0. The maximum Gasteiger partial charge on any atom is 1.00 e. The number of rotatable bonds is 11. The standard InChI is InChI=1S/C22H32N2O6S2.Na.H/c1-15(2)13-23-19-9-7-17(21(11-19)31(25,26)27)5-6-18-8-10-20(24-14-16(3)4)12-22(18)32(28,29)30;;/h7-12,15-16,23-24H,5-6,13-14H2,1-4H3,(H,25,26,27)(H,28,29,30);;/q;+1;-1.